The molecule has 2 N–H and O–H groups in total. The molecule has 0 radical (unpaired) electrons. The Balaban J connectivity index is 0.000000531. The zero-order chi connectivity index (χ0) is 11.3. The molecular formula is C11H13N3O. The number of benzene rings is 1. The Morgan fingerprint density at radius 2 is 2.00 bits per heavy atom. The monoisotopic (exact) mass is 203 g/mol. The van der Waals surface area contributed by atoms with E-state index in [1.807, 2.05) is 19.9 Å². The number of nitrogens with zero attached hydrogens (tertiary/aromatic N) is 1. The molecule has 0 spiro atoms. The molecule has 0 atom stereocenters. The second-order valence-corrected chi connectivity index (χ2v) is 2.61. The molecule has 78 valence electrons. The van der Waals surface area contributed by atoms with E-state index in [4.69, 9.17) is 5.41 Å². The van der Waals surface area contributed by atoms with Crippen LogP contribution in [0.1, 0.15) is 19.7 Å². The number of fused-ring (bicyclic) bond motifs is 1. The number of H-pyrrole nitrogens is 1. The van der Waals surface area contributed by atoms with Crippen molar-refractivity contribution in [1.82, 2.24) is 9.97 Å². The second-order valence-electron chi connectivity index (χ2n) is 2.61. The molecule has 2 rings (SSSR count). The third kappa shape index (κ3) is 2.28. The molecule has 0 saturated carbocycles. The number of aromatic nitrogens is 2. The van der Waals surface area contributed by atoms with Crippen LogP contribution in [0.2, 0.25) is 0 Å². The van der Waals surface area contributed by atoms with Gasteiger partial charge in [-0.2, -0.15) is 0 Å². The van der Waals surface area contributed by atoms with E-state index >= 15 is 0 Å². The van der Waals surface area contributed by atoms with Crippen LogP contribution in [0.5, 0.6) is 0 Å². The van der Waals surface area contributed by atoms with Crippen LogP contribution >= 0.6 is 0 Å². The van der Waals surface area contributed by atoms with E-state index in [0.717, 1.165) is 6.21 Å². The molecule has 1 aromatic carbocycles. The molecule has 2 aromatic rings. The molecule has 4 nitrogen and oxygen atoms in total. The van der Waals surface area contributed by atoms with Crippen molar-refractivity contribution in [3.8, 4) is 0 Å². The molecule has 0 aliphatic heterocycles. The van der Waals surface area contributed by atoms with Crippen molar-refractivity contribution in [2.75, 3.05) is 0 Å². The van der Waals surface area contributed by atoms with Crippen LogP contribution in [0.3, 0.4) is 0 Å². The van der Waals surface area contributed by atoms with Gasteiger partial charge in [-0.25, -0.2) is 4.98 Å². The van der Waals surface area contributed by atoms with Crippen molar-refractivity contribution in [1.29, 1.82) is 5.41 Å². The maximum atomic E-state index is 11.4. The number of rotatable bonds is 1. The Morgan fingerprint density at radius 3 is 2.67 bits per heavy atom. The lowest BCUT2D eigenvalue weighted by Crippen LogP contribution is -2.10. The van der Waals surface area contributed by atoms with Gasteiger partial charge in [0.05, 0.1) is 17.1 Å². The lowest BCUT2D eigenvalue weighted by Gasteiger charge is -1.96. The van der Waals surface area contributed by atoms with Gasteiger partial charge in [-0.05, 0) is 12.1 Å². The van der Waals surface area contributed by atoms with Gasteiger partial charge in [0.1, 0.15) is 0 Å². The van der Waals surface area contributed by atoms with Crippen molar-refractivity contribution < 1.29 is 0 Å². The SMILES string of the molecule is CC.N=Cc1nc2ccccc2c(=O)[nH]1. The fraction of sp³-hybridized carbons (Fsp3) is 0.182. The highest BCUT2D eigenvalue weighted by atomic mass is 16.1. The van der Waals surface area contributed by atoms with Crippen LogP contribution < -0.4 is 5.56 Å². The molecule has 1 heterocycles. The first-order valence-electron chi connectivity index (χ1n) is 4.81. The Bertz CT molecular complexity index is 516. The predicted octanol–water partition coefficient (Wildman–Crippen LogP) is 1.95. The van der Waals surface area contributed by atoms with Crippen molar-refractivity contribution >= 4 is 17.1 Å². The summed E-state index contributed by atoms with van der Waals surface area (Å²) < 4.78 is 0. The van der Waals surface area contributed by atoms with E-state index in [-0.39, 0.29) is 11.4 Å². The van der Waals surface area contributed by atoms with Gasteiger partial charge in [-0.3, -0.25) is 4.79 Å². The van der Waals surface area contributed by atoms with Crippen LogP contribution in [-0.2, 0) is 0 Å². The van der Waals surface area contributed by atoms with Crippen LogP contribution in [0.4, 0.5) is 0 Å². The van der Waals surface area contributed by atoms with Gasteiger partial charge in [0, 0.05) is 0 Å². The average molecular weight is 203 g/mol. The van der Waals surface area contributed by atoms with Gasteiger partial charge < -0.3 is 10.4 Å². The molecule has 0 unspecified atom stereocenters. The van der Waals surface area contributed by atoms with Gasteiger partial charge in [0.2, 0.25) is 0 Å². The molecule has 0 fully saturated rings. The van der Waals surface area contributed by atoms with Gasteiger partial charge >= 0.3 is 0 Å². The van der Waals surface area contributed by atoms with Crippen molar-refractivity contribution in [3.05, 3.63) is 40.4 Å². The van der Waals surface area contributed by atoms with E-state index in [0.29, 0.717) is 10.9 Å². The number of hydrogen-bond donors (Lipinski definition) is 2. The van der Waals surface area contributed by atoms with Crippen LogP contribution in [0.15, 0.2) is 29.1 Å². The lowest BCUT2D eigenvalue weighted by molar-refractivity contribution is 1.14. The molecule has 1 aromatic heterocycles. The maximum Gasteiger partial charge on any atom is 0.259 e. The number of aromatic amines is 1. The molecule has 0 bridgehead atoms. The zero-order valence-corrected chi connectivity index (χ0v) is 8.74. The van der Waals surface area contributed by atoms with E-state index in [2.05, 4.69) is 9.97 Å². The standard InChI is InChI=1S/C9H7N3O.C2H6/c10-5-8-11-7-4-2-1-3-6(7)9(13)12-8;1-2/h1-5,10H,(H,11,12,13);1-2H3. The summed E-state index contributed by atoms with van der Waals surface area (Å²) in [5, 5.41) is 7.51. The first-order chi connectivity index (χ1) is 7.31. The topological polar surface area (TPSA) is 69.6 Å². The Labute approximate surface area is 87.5 Å². The normalized spacial score (nSPS) is 9.20. The quantitative estimate of drug-likeness (QED) is 0.695. The van der Waals surface area contributed by atoms with E-state index in [1.165, 1.54) is 0 Å². The van der Waals surface area contributed by atoms with Gasteiger partial charge in [-0.1, -0.05) is 26.0 Å². The average Bonchev–Trinajstić information content (AvgIpc) is 2.31. The summed E-state index contributed by atoms with van der Waals surface area (Å²) in [6.45, 7) is 4.00. The molecule has 4 heteroatoms. The summed E-state index contributed by atoms with van der Waals surface area (Å²) in [4.78, 5) is 17.9. The first-order valence-corrected chi connectivity index (χ1v) is 4.81. The highest BCUT2D eigenvalue weighted by molar-refractivity contribution is 5.81. The van der Waals surface area contributed by atoms with Crippen LogP contribution in [-0.4, -0.2) is 16.2 Å². The third-order valence-electron chi connectivity index (χ3n) is 1.77. The molecule has 0 aliphatic rings. The van der Waals surface area contributed by atoms with Crippen molar-refractivity contribution in [2.45, 2.75) is 13.8 Å². The fourth-order valence-corrected chi connectivity index (χ4v) is 1.17. The Hall–Kier alpha value is -1.97. The molecular weight excluding hydrogens is 190 g/mol. The number of nitrogens with one attached hydrogen (secondary N) is 2. The third-order valence-corrected chi connectivity index (χ3v) is 1.77. The molecule has 0 amide bonds. The second kappa shape index (κ2) is 5.05. The lowest BCUT2D eigenvalue weighted by atomic mass is 10.2. The Kier molecular flexibility index (Phi) is 3.74. The number of hydrogen-bond acceptors (Lipinski definition) is 3. The fourth-order valence-electron chi connectivity index (χ4n) is 1.17. The summed E-state index contributed by atoms with van der Waals surface area (Å²) in [6.07, 6.45) is 1.02. The minimum absolute atomic E-state index is 0.205. The predicted molar refractivity (Wildman–Crippen MR) is 61.6 cm³/mol. The van der Waals surface area contributed by atoms with Crippen LogP contribution in [0.25, 0.3) is 10.9 Å². The summed E-state index contributed by atoms with van der Waals surface area (Å²) in [7, 11) is 0. The van der Waals surface area contributed by atoms with E-state index in [1.54, 1.807) is 18.2 Å². The van der Waals surface area contributed by atoms with Crippen molar-refractivity contribution in [2.24, 2.45) is 0 Å². The van der Waals surface area contributed by atoms with E-state index < -0.39 is 0 Å². The van der Waals surface area contributed by atoms with E-state index in [9.17, 15) is 4.79 Å². The molecule has 0 saturated heterocycles. The molecule has 0 aliphatic carbocycles. The number of para-hydroxylation sites is 1. The Morgan fingerprint density at radius 1 is 1.33 bits per heavy atom. The highest BCUT2D eigenvalue weighted by Crippen LogP contribution is 2.04. The zero-order valence-electron chi connectivity index (χ0n) is 8.74. The van der Waals surface area contributed by atoms with Gasteiger partial charge in [0.25, 0.3) is 5.56 Å². The molecule has 15 heavy (non-hydrogen) atoms. The summed E-state index contributed by atoms with van der Waals surface area (Å²) in [5.74, 6) is 0.281. The maximum absolute atomic E-state index is 11.4. The smallest absolute Gasteiger partial charge is 0.259 e. The summed E-state index contributed by atoms with van der Waals surface area (Å²) in [5.41, 5.74) is 0.411. The summed E-state index contributed by atoms with van der Waals surface area (Å²) >= 11 is 0. The van der Waals surface area contributed by atoms with Gasteiger partial charge in [-0.15, -0.1) is 0 Å². The van der Waals surface area contributed by atoms with Gasteiger partial charge in [0.15, 0.2) is 5.82 Å². The minimum atomic E-state index is -0.205. The highest BCUT2D eigenvalue weighted by Gasteiger charge is 1.99. The minimum Gasteiger partial charge on any atom is -0.305 e. The van der Waals surface area contributed by atoms with Crippen LogP contribution in [0, 0.1) is 5.41 Å². The summed E-state index contributed by atoms with van der Waals surface area (Å²) in [6, 6.07) is 7.04. The largest absolute Gasteiger partial charge is 0.305 e. The van der Waals surface area contributed by atoms with Crippen molar-refractivity contribution in [3.63, 3.8) is 0 Å². The first kappa shape index (κ1) is 11.1.